The fourth-order valence-electron chi connectivity index (χ4n) is 1.08. The van der Waals surface area contributed by atoms with Gasteiger partial charge in [0.05, 0.1) is 6.54 Å². The second kappa shape index (κ2) is 6.00. The molecule has 0 aliphatic carbocycles. The summed E-state index contributed by atoms with van der Waals surface area (Å²) in [7, 11) is 1.86. The SMILES string of the molecule is CC.CCN1CCN(C)C(=O)C1. The molecule has 1 heterocycles. The molecule has 1 saturated heterocycles. The molecule has 1 aliphatic heterocycles. The summed E-state index contributed by atoms with van der Waals surface area (Å²) >= 11 is 0. The second-order valence-corrected chi connectivity index (χ2v) is 2.68. The van der Waals surface area contributed by atoms with Crippen molar-refractivity contribution in [2.75, 3.05) is 33.2 Å². The second-order valence-electron chi connectivity index (χ2n) is 2.68. The van der Waals surface area contributed by atoms with E-state index >= 15 is 0 Å². The van der Waals surface area contributed by atoms with E-state index in [1.54, 1.807) is 4.90 Å². The molecule has 1 rings (SSSR count). The summed E-state index contributed by atoms with van der Waals surface area (Å²) in [6, 6.07) is 0. The van der Waals surface area contributed by atoms with E-state index in [0.717, 1.165) is 19.6 Å². The molecule has 1 aliphatic rings. The maximum Gasteiger partial charge on any atom is 0.236 e. The van der Waals surface area contributed by atoms with Crippen LogP contribution < -0.4 is 0 Å². The topological polar surface area (TPSA) is 23.6 Å². The van der Waals surface area contributed by atoms with Crippen molar-refractivity contribution >= 4 is 5.91 Å². The third-order valence-corrected chi connectivity index (χ3v) is 1.98. The zero-order chi connectivity index (χ0) is 9.56. The lowest BCUT2D eigenvalue weighted by atomic mass is 10.3. The van der Waals surface area contributed by atoms with E-state index in [1.807, 2.05) is 20.9 Å². The Balaban J connectivity index is 0.000000561. The molecule has 0 spiro atoms. The number of nitrogens with zero attached hydrogens (tertiary/aromatic N) is 2. The van der Waals surface area contributed by atoms with Crippen LogP contribution in [0.25, 0.3) is 0 Å². The van der Waals surface area contributed by atoms with Crippen LogP contribution in [0.5, 0.6) is 0 Å². The molecule has 3 heteroatoms. The molecule has 1 amide bonds. The van der Waals surface area contributed by atoms with Gasteiger partial charge in [-0.1, -0.05) is 20.8 Å². The van der Waals surface area contributed by atoms with Crippen molar-refractivity contribution in [2.24, 2.45) is 0 Å². The van der Waals surface area contributed by atoms with Crippen molar-refractivity contribution in [2.45, 2.75) is 20.8 Å². The van der Waals surface area contributed by atoms with Crippen LogP contribution in [-0.2, 0) is 4.79 Å². The highest BCUT2D eigenvalue weighted by atomic mass is 16.2. The molecule has 0 atom stereocenters. The fourth-order valence-corrected chi connectivity index (χ4v) is 1.08. The quantitative estimate of drug-likeness (QED) is 0.584. The Kier molecular flexibility index (Phi) is 5.72. The van der Waals surface area contributed by atoms with Crippen LogP contribution >= 0.6 is 0 Å². The van der Waals surface area contributed by atoms with Gasteiger partial charge in [-0.05, 0) is 6.54 Å². The smallest absolute Gasteiger partial charge is 0.236 e. The molecule has 0 aromatic rings. The van der Waals surface area contributed by atoms with E-state index in [0.29, 0.717) is 6.54 Å². The monoisotopic (exact) mass is 172 g/mol. The number of rotatable bonds is 1. The highest BCUT2D eigenvalue weighted by Gasteiger charge is 2.18. The lowest BCUT2D eigenvalue weighted by Gasteiger charge is -2.30. The lowest BCUT2D eigenvalue weighted by molar-refractivity contribution is -0.134. The van der Waals surface area contributed by atoms with Gasteiger partial charge in [0.15, 0.2) is 0 Å². The van der Waals surface area contributed by atoms with Crippen molar-refractivity contribution in [3.63, 3.8) is 0 Å². The van der Waals surface area contributed by atoms with Gasteiger partial charge in [0.25, 0.3) is 0 Å². The van der Waals surface area contributed by atoms with Crippen LogP contribution in [0.3, 0.4) is 0 Å². The zero-order valence-corrected chi connectivity index (χ0v) is 8.63. The Hall–Kier alpha value is -0.570. The molecule has 0 saturated carbocycles. The van der Waals surface area contributed by atoms with Gasteiger partial charge in [-0.15, -0.1) is 0 Å². The van der Waals surface area contributed by atoms with Gasteiger partial charge >= 0.3 is 0 Å². The van der Waals surface area contributed by atoms with Gasteiger partial charge < -0.3 is 4.90 Å². The van der Waals surface area contributed by atoms with Gasteiger partial charge in [0, 0.05) is 20.1 Å². The molecule has 0 unspecified atom stereocenters. The molecule has 0 radical (unpaired) electrons. The maximum absolute atomic E-state index is 11.0. The molecule has 0 aromatic heterocycles. The van der Waals surface area contributed by atoms with Crippen molar-refractivity contribution in [3.05, 3.63) is 0 Å². The van der Waals surface area contributed by atoms with Gasteiger partial charge in [-0.2, -0.15) is 0 Å². The van der Waals surface area contributed by atoms with Crippen molar-refractivity contribution < 1.29 is 4.79 Å². The Morgan fingerprint density at radius 3 is 2.33 bits per heavy atom. The molecular weight excluding hydrogens is 152 g/mol. The Morgan fingerprint density at radius 1 is 1.33 bits per heavy atom. The Morgan fingerprint density at radius 2 is 1.92 bits per heavy atom. The van der Waals surface area contributed by atoms with Gasteiger partial charge in [0.2, 0.25) is 5.91 Å². The Bertz CT molecular complexity index is 136. The van der Waals surface area contributed by atoms with Crippen LogP contribution in [-0.4, -0.2) is 48.9 Å². The molecule has 72 valence electrons. The van der Waals surface area contributed by atoms with E-state index in [9.17, 15) is 4.79 Å². The molecule has 1 fully saturated rings. The minimum atomic E-state index is 0.244. The first-order valence-corrected chi connectivity index (χ1v) is 4.70. The number of carbonyl (C=O) groups excluding carboxylic acids is 1. The first-order valence-electron chi connectivity index (χ1n) is 4.70. The number of hydrogen-bond acceptors (Lipinski definition) is 2. The van der Waals surface area contributed by atoms with Crippen LogP contribution in [0.4, 0.5) is 0 Å². The molecule has 12 heavy (non-hydrogen) atoms. The van der Waals surface area contributed by atoms with Crippen LogP contribution in [0.1, 0.15) is 20.8 Å². The van der Waals surface area contributed by atoms with Gasteiger partial charge in [0.1, 0.15) is 0 Å². The molecule has 0 N–H and O–H groups in total. The summed E-state index contributed by atoms with van der Waals surface area (Å²) in [6.07, 6.45) is 0. The normalized spacial score (nSPS) is 18.7. The molecule has 0 bridgehead atoms. The van der Waals surface area contributed by atoms with Crippen LogP contribution in [0.2, 0.25) is 0 Å². The average molecular weight is 172 g/mol. The number of hydrogen-bond donors (Lipinski definition) is 0. The predicted molar refractivity (Wildman–Crippen MR) is 51.1 cm³/mol. The van der Waals surface area contributed by atoms with Crippen LogP contribution in [0.15, 0.2) is 0 Å². The van der Waals surface area contributed by atoms with E-state index in [1.165, 1.54) is 0 Å². The van der Waals surface area contributed by atoms with E-state index < -0.39 is 0 Å². The van der Waals surface area contributed by atoms with Gasteiger partial charge in [-0.3, -0.25) is 9.69 Å². The summed E-state index contributed by atoms with van der Waals surface area (Å²) < 4.78 is 0. The summed E-state index contributed by atoms with van der Waals surface area (Å²) in [6.45, 7) is 9.58. The zero-order valence-electron chi connectivity index (χ0n) is 8.63. The summed E-state index contributed by atoms with van der Waals surface area (Å²) in [5.74, 6) is 0.244. The highest BCUT2D eigenvalue weighted by molar-refractivity contribution is 5.78. The fraction of sp³-hybridized carbons (Fsp3) is 0.889. The van der Waals surface area contributed by atoms with E-state index in [-0.39, 0.29) is 5.91 Å². The molecule has 3 nitrogen and oxygen atoms in total. The first kappa shape index (κ1) is 11.4. The summed E-state index contributed by atoms with van der Waals surface area (Å²) in [4.78, 5) is 15.0. The first-order chi connectivity index (χ1) is 5.74. The summed E-state index contributed by atoms with van der Waals surface area (Å²) in [5, 5.41) is 0. The maximum atomic E-state index is 11.0. The van der Waals surface area contributed by atoms with E-state index in [2.05, 4.69) is 11.8 Å². The van der Waals surface area contributed by atoms with Crippen molar-refractivity contribution in [3.8, 4) is 0 Å². The van der Waals surface area contributed by atoms with Crippen LogP contribution in [0, 0.1) is 0 Å². The Labute approximate surface area is 75.3 Å². The lowest BCUT2D eigenvalue weighted by Crippen LogP contribution is -2.48. The average Bonchev–Trinajstić information content (AvgIpc) is 2.13. The number of likely N-dealkylation sites (N-methyl/N-ethyl adjacent to an activating group) is 2. The number of carbonyl (C=O) groups is 1. The largest absolute Gasteiger partial charge is 0.343 e. The number of amides is 1. The van der Waals surface area contributed by atoms with E-state index in [4.69, 9.17) is 0 Å². The van der Waals surface area contributed by atoms with Gasteiger partial charge in [-0.25, -0.2) is 0 Å². The minimum Gasteiger partial charge on any atom is -0.343 e. The van der Waals surface area contributed by atoms with Crippen molar-refractivity contribution in [1.29, 1.82) is 0 Å². The number of piperazine rings is 1. The third-order valence-electron chi connectivity index (χ3n) is 1.98. The predicted octanol–water partition coefficient (Wildman–Crippen LogP) is 0.806. The summed E-state index contributed by atoms with van der Waals surface area (Å²) in [5.41, 5.74) is 0. The molecule has 0 aromatic carbocycles. The third kappa shape index (κ3) is 3.22. The molecular formula is C9H20N2O. The minimum absolute atomic E-state index is 0.244. The standard InChI is InChI=1S/C7H14N2O.C2H6/c1-3-9-5-4-8(2)7(10)6-9;1-2/h3-6H2,1-2H3;1-2H3. The highest BCUT2D eigenvalue weighted by Crippen LogP contribution is 1.98. The van der Waals surface area contributed by atoms with Crippen molar-refractivity contribution in [1.82, 2.24) is 9.80 Å².